The summed E-state index contributed by atoms with van der Waals surface area (Å²) in [6.45, 7) is 6.88. The molecule has 1 aliphatic carbocycles. The van der Waals surface area contributed by atoms with Gasteiger partial charge in [0.25, 0.3) is 0 Å². The molecule has 0 amide bonds. The molecule has 0 saturated heterocycles. The highest BCUT2D eigenvalue weighted by Gasteiger charge is 2.26. The first-order valence-electron chi connectivity index (χ1n) is 8.40. The van der Waals surface area contributed by atoms with Crippen molar-refractivity contribution in [2.75, 3.05) is 53.3 Å². The van der Waals surface area contributed by atoms with Gasteiger partial charge in [0.05, 0.1) is 45.7 Å². The Bertz CT molecular complexity index is 228. The highest BCUT2D eigenvalue weighted by atomic mass is 16.6. The van der Waals surface area contributed by atoms with Crippen LogP contribution in [0.1, 0.15) is 39.0 Å². The van der Waals surface area contributed by atoms with Gasteiger partial charge >= 0.3 is 0 Å². The zero-order chi connectivity index (χ0) is 15.2. The van der Waals surface area contributed by atoms with Crippen LogP contribution in [0.2, 0.25) is 0 Å². The smallest absolute Gasteiger partial charge is 0.0729 e. The maximum absolute atomic E-state index is 5.84. The maximum Gasteiger partial charge on any atom is 0.0729 e. The van der Waals surface area contributed by atoms with E-state index in [1.807, 2.05) is 7.05 Å². The largest absolute Gasteiger partial charge is 0.379 e. The van der Waals surface area contributed by atoms with Crippen LogP contribution in [0, 0.1) is 0 Å². The topological polar surface area (TPSA) is 49.0 Å². The summed E-state index contributed by atoms with van der Waals surface area (Å²) in [7, 11) is 2.01. The molecule has 0 radical (unpaired) electrons. The molecule has 0 spiro atoms. The molecular formula is C16H33NO4. The normalized spacial score (nSPS) is 22.0. The van der Waals surface area contributed by atoms with Crippen LogP contribution in [0.3, 0.4) is 0 Å². The highest BCUT2D eigenvalue weighted by Crippen LogP contribution is 2.21. The van der Waals surface area contributed by atoms with E-state index in [0.29, 0.717) is 51.8 Å². The van der Waals surface area contributed by atoms with Gasteiger partial charge in [0, 0.05) is 12.6 Å². The molecule has 2 unspecified atom stereocenters. The molecule has 0 bridgehead atoms. The number of rotatable bonds is 14. The predicted octanol–water partition coefficient (Wildman–Crippen LogP) is 1.99. The van der Waals surface area contributed by atoms with E-state index in [0.717, 1.165) is 19.4 Å². The molecule has 126 valence electrons. The van der Waals surface area contributed by atoms with Crippen LogP contribution in [-0.4, -0.2) is 65.4 Å². The van der Waals surface area contributed by atoms with E-state index in [1.54, 1.807) is 0 Å². The molecule has 1 saturated carbocycles. The zero-order valence-corrected chi connectivity index (χ0v) is 13.8. The first-order valence-corrected chi connectivity index (χ1v) is 8.40. The Morgan fingerprint density at radius 2 is 1.48 bits per heavy atom. The number of hydrogen-bond donors (Lipinski definition) is 1. The summed E-state index contributed by atoms with van der Waals surface area (Å²) in [5.41, 5.74) is 0. The molecule has 0 heterocycles. The number of hydrogen-bond acceptors (Lipinski definition) is 5. The van der Waals surface area contributed by atoms with Crippen LogP contribution in [0.4, 0.5) is 0 Å². The Morgan fingerprint density at radius 1 is 0.857 bits per heavy atom. The Labute approximate surface area is 129 Å². The fraction of sp³-hybridized carbons (Fsp3) is 1.00. The fourth-order valence-electron chi connectivity index (χ4n) is 2.50. The lowest BCUT2D eigenvalue weighted by atomic mass is 10.2. The van der Waals surface area contributed by atoms with Crippen molar-refractivity contribution in [1.82, 2.24) is 5.32 Å². The van der Waals surface area contributed by atoms with E-state index >= 15 is 0 Å². The predicted molar refractivity (Wildman–Crippen MR) is 83.8 cm³/mol. The van der Waals surface area contributed by atoms with Crippen molar-refractivity contribution < 1.29 is 18.9 Å². The lowest BCUT2D eigenvalue weighted by molar-refractivity contribution is -0.0222. The van der Waals surface area contributed by atoms with E-state index in [4.69, 9.17) is 18.9 Å². The number of likely N-dealkylation sites (N-methyl/N-ethyl adjacent to an activating group) is 1. The third-order valence-electron chi connectivity index (χ3n) is 3.77. The van der Waals surface area contributed by atoms with Crippen molar-refractivity contribution in [2.24, 2.45) is 0 Å². The van der Waals surface area contributed by atoms with Crippen molar-refractivity contribution in [3.8, 4) is 0 Å². The van der Waals surface area contributed by atoms with Gasteiger partial charge in [0.1, 0.15) is 0 Å². The van der Waals surface area contributed by atoms with Gasteiger partial charge in [0.2, 0.25) is 0 Å². The molecule has 1 aliphatic rings. The Morgan fingerprint density at radius 3 is 2.10 bits per heavy atom. The van der Waals surface area contributed by atoms with Crippen molar-refractivity contribution in [3.63, 3.8) is 0 Å². The van der Waals surface area contributed by atoms with Gasteiger partial charge in [-0.15, -0.1) is 0 Å². The minimum Gasteiger partial charge on any atom is -0.379 e. The number of ether oxygens (including phenoxy) is 4. The molecule has 0 aliphatic heterocycles. The molecule has 21 heavy (non-hydrogen) atoms. The maximum atomic E-state index is 5.84. The van der Waals surface area contributed by atoms with Crippen LogP contribution >= 0.6 is 0 Å². The Hall–Kier alpha value is -0.200. The molecule has 5 heteroatoms. The average Bonchev–Trinajstić information content (AvgIpc) is 2.96. The lowest BCUT2D eigenvalue weighted by Crippen LogP contribution is -2.35. The standard InChI is InChI=1S/C16H33NO4/c1-3-4-8-18-9-10-19-11-12-20-13-14-21-16-7-5-6-15(16)17-2/h15-17H,3-14H2,1-2H3. The van der Waals surface area contributed by atoms with E-state index in [2.05, 4.69) is 12.2 Å². The van der Waals surface area contributed by atoms with Crippen molar-refractivity contribution >= 4 is 0 Å². The second-order valence-corrected chi connectivity index (χ2v) is 5.43. The second-order valence-electron chi connectivity index (χ2n) is 5.43. The highest BCUT2D eigenvalue weighted by molar-refractivity contribution is 4.82. The summed E-state index contributed by atoms with van der Waals surface area (Å²) in [5, 5.41) is 3.31. The second kappa shape index (κ2) is 13.5. The van der Waals surface area contributed by atoms with Crippen molar-refractivity contribution in [2.45, 2.75) is 51.2 Å². The average molecular weight is 303 g/mol. The Kier molecular flexibility index (Phi) is 12.1. The van der Waals surface area contributed by atoms with Gasteiger partial charge in [0.15, 0.2) is 0 Å². The third-order valence-corrected chi connectivity index (χ3v) is 3.77. The molecule has 0 aromatic heterocycles. The summed E-state index contributed by atoms with van der Waals surface area (Å²) in [6, 6.07) is 0.515. The van der Waals surface area contributed by atoms with Crippen LogP contribution in [0.25, 0.3) is 0 Å². The summed E-state index contributed by atoms with van der Waals surface area (Å²) in [6.07, 6.45) is 6.29. The third kappa shape index (κ3) is 9.42. The molecule has 2 atom stereocenters. The lowest BCUT2D eigenvalue weighted by Gasteiger charge is -2.19. The molecule has 0 aromatic rings. The van der Waals surface area contributed by atoms with E-state index in [9.17, 15) is 0 Å². The summed E-state index contributed by atoms with van der Waals surface area (Å²) in [4.78, 5) is 0. The first kappa shape index (κ1) is 18.8. The van der Waals surface area contributed by atoms with Gasteiger partial charge < -0.3 is 24.3 Å². The van der Waals surface area contributed by atoms with Crippen molar-refractivity contribution in [3.05, 3.63) is 0 Å². The minimum absolute atomic E-state index is 0.357. The molecule has 1 fully saturated rings. The first-order chi connectivity index (χ1) is 10.4. The molecular weight excluding hydrogens is 270 g/mol. The summed E-state index contributed by atoms with van der Waals surface area (Å²) >= 11 is 0. The van der Waals surface area contributed by atoms with E-state index < -0.39 is 0 Å². The minimum atomic E-state index is 0.357. The van der Waals surface area contributed by atoms with Crippen LogP contribution < -0.4 is 5.32 Å². The van der Waals surface area contributed by atoms with Gasteiger partial charge in [-0.25, -0.2) is 0 Å². The van der Waals surface area contributed by atoms with Gasteiger partial charge in [-0.3, -0.25) is 0 Å². The van der Waals surface area contributed by atoms with Gasteiger partial charge in [-0.05, 0) is 32.7 Å². The zero-order valence-electron chi connectivity index (χ0n) is 13.8. The molecule has 1 rings (SSSR count). The van der Waals surface area contributed by atoms with Gasteiger partial charge in [-0.1, -0.05) is 13.3 Å². The summed E-state index contributed by atoms with van der Waals surface area (Å²) < 4.78 is 22.2. The monoisotopic (exact) mass is 303 g/mol. The fourth-order valence-corrected chi connectivity index (χ4v) is 2.50. The Balaban J connectivity index is 1.76. The van der Waals surface area contributed by atoms with E-state index in [-0.39, 0.29) is 0 Å². The van der Waals surface area contributed by atoms with E-state index in [1.165, 1.54) is 19.3 Å². The number of unbranched alkanes of at least 4 members (excludes halogenated alkanes) is 1. The van der Waals surface area contributed by atoms with Crippen molar-refractivity contribution in [1.29, 1.82) is 0 Å². The molecule has 1 N–H and O–H groups in total. The van der Waals surface area contributed by atoms with Crippen LogP contribution in [0.15, 0.2) is 0 Å². The van der Waals surface area contributed by atoms with Crippen LogP contribution in [0.5, 0.6) is 0 Å². The SMILES string of the molecule is CCCCOCCOCCOCCOC1CCCC1NC. The summed E-state index contributed by atoms with van der Waals surface area (Å²) in [5.74, 6) is 0. The van der Waals surface area contributed by atoms with Gasteiger partial charge in [-0.2, -0.15) is 0 Å². The van der Waals surface area contributed by atoms with Crippen LogP contribution in [-0.2, 0) is 18.9 Å². The number of nitrogens with one attached hydrogen (secondary N) is 1. The quantitative estimate of drug-likeness (QED) is 0.497. The molecule has 5 nitrogen and oxygen atoms in total. The molecule has 0 aromatic carbocycles.